The molecule has 1 atom stereocenters. The number of nitriles is 1. The highest BCUT2D eigenvalue weighted by atomic mass is 35.5. The quantitative estimate of drug-likeness (QED) is 0.307. The lowest BCUT2D eigenvalue weighted by molar-refractivity contribution is -0.159. The number of halogens is 6. The maximum atomic E-state index is 14.3. The smallest absolute Gasteiger partial charge is 0.223 e. The topological polar surface area (TPSA) is 66.9 Å². The van der Waals surface area contributed by atoms with Crippen LogP contribution in [0.3, 0.4) is 0 Å². The Kier molecular flexibility index (Phi) is 5.68. The minimum absolute atomic E-state index is 0.0177. The van der Waals surface area contributed by atoms with Crippen LogP contribution >= 0.6 is 46.8 Å². The third kappa shape index (κ3) is 3.78. The summed E-state index contributed by atoms with van der Waals surface area (Å²) in [5, 5.41) is 13.3. The first-order valence-electron chi connectivity index (χ1n) is 8.52. The Bertz CT molecular complexity index is 1210. The summed E-state index contributed by atoms with van der Waals surface area (Å²) in [6.07, 6.45) is -2.40. The molecule has 1 aromatic heterocycles. The molecule has 158 valence electrons. The summed E-state index contributed by atoms with van der Waals surface area (Å²) in [5.74, 6) is 0. The molecule has 0 saturated heterocycles. The van der Waals surface area contributed by atoms with Crippen LogP contribution in [0.25, 0.3) is 5.69 Å². The van der Waals surface area contributed by atoms with E-state index in [1.807, 2.05) is 6.07 Å². The Morgan fingerprint density at radius 3 is 2.42 bits per heavy atom. The van der Waals surface area contributed by atoms with Crippen molar-refractivity contribution in [2.75, 3.05) is 0 Å². The lowest BCUT2D eigenvalue weighted by Gasteiger charge is -2.30. The van der Waals surface area contributed by atoms with Gasteiger partial charge in [-0.25, -0.2) is 14.1 Å². The Hall–Kier alpha value is -2.25. The van der Waals surface area contributed by atoms with E-state index in [0.717, 1.165) is 12.1 Å². The van der Waals surface area contributed by atoms with Crippen molar-refractivity contribution >= 4 is 52.5 Å². The highest BCUT2D eigenvalue weighted by Gasteiger charge is 2.60. The van der Waals surface area contributed by atoms with E-state index in [4.69, 9.17) is 34.8 Å². The van der Waals surface area contributed by atoms with Gasteiger partial charge in [0, 0.05) is 6.42 Å². The highest BCUT2D eigenvalue weighted by molar-refractivity contribution is 7.99. The van der Waals surface area contributed by atoms with Gasteiger partial charge in [-0.15, -0.1) is 0 Å². The number of alkyl halides is 3. The van der Waals surface area contributed by atoms with Gasteiger partial charge in [-0.3, -0.25) is 0 Å². The number of benzene rings is 2. The molecule has 0 fully saturated rings. The molecule has 5 nitrogen and oxygen atoms in total. The average molecular weight is 503 g/mol. The van der Waals surface area contributed by atoms with Gasteiger partial charge < -0.3 is 0 Å². The van der Waals surface area contributed by atoms with Gasteiger partial charge in [0.15, 0.2) is 4.75 Å². The van der Waals surface area contributed by atoms with Crippen molar-refractivity contribution in [2.24, 2.45) is 4.40 Å². The molecular formula is C19H9Cl3F3N5S. The van der Waals surface area contributed by atoms with Gasteiger partial charge in [-0.2, -0.15) is 23.5 Å². The monoisotopic (exact) mass is 501 g/mol. The number of nitrogens with zero attached hydrogens (tertiary/aromatic N) is 5. The summed E-state index contributed by atoms with van der Waals surface area (Å²) in [6, 6.07) is 8.99. The van der Waals surface area contributed by atoms with Crippen molar-refractivity contribution in [3.05, 3.63) is 74.7 Å². The lowest BCUT2D eigenvalue weighted by atomic mass is 9.89. The van der Waals surface area contributed by atoms with Gasteiger partial charge >= 0.3 is 6.18 Å². The second-order valence-corrected chi connectivity index (χ2v) is 8.82. The number of aromatic nitrogens is 3. The third-order valence-electron chi connectivity index (χ3n) is 4.75. The van der Waals surface area contributed by atoms with E-state index in [-0.39, 0.29) is 31.9 Å². The first-order valence-corrected chi connectivity index (χ1v) is 10.4. The van der Waals surface area contributed by atoms with Crippen LogP contribution in [-0.2, 0) is 4.75 Å². The highest BCUT2D eigenvalue weighted by Crippen LogP contribution is 2.57. The molecule has 0 spiro atoms. The molecule has 0 N–H and O–H groups in total. The van der Waals surface area contributed by atoms with Gasteiger partial charge in [0.25, 0.3) is 0 Å². The van der Waals surface area contributed by atoms with Crippen LogP contribution in [0.5, 0.6) is 0 Å². The summed E-state index contributed by atoms with van der Waals surface area (Å²) in [7, 11) is 0. The van der Waals surface area contributed by atoms with E-state index in [0.29, 0.717) is 23.2 Å². The van der Waals surface area contributed by atoms with Gasteiger partial charge in [-0.1, -0.05) is 40.9 Å². The van der Waals surface area contributed by atoms with Crippen molar-refractivity contribution < 1.29 is 13.2 Å². The predicted octanol–water partition coefficient (Wildman–Crippen LogP) is 6.40. The molecule has 0 amide bonds. The van der Waals surface area contributed by atoms with Crippen LogP contribution in [0.4, 0.5) is 13.2 Å². The summed E-state index contributed by atoms with van der Waals surface area (Å²) < 4.78 is 45.9. The molecule has 4 rings (SSSR count). The van der Waals surface area contributed by atoms with Crippen LogP contribution in [0.1, 0.15) is 23.1 Å². The minimum Gasteiger partial charge on any atom is -0.223 e. The second kappa shape index (κ2) is 8.02. The summed E-state index contributed by atoms with van der Waals surface area (Å²) in [5.41, 5.74) is 1.10. The third-order valence-corrected chi connectivity index (χ3v) is 7.18. The molecule has 0 radical (unpaired) electrons. The normalized spacial score (nSPS) is 18.7. The van der Waals surface area contributed by atoms with Gasteiger partial charge in [-0.05, 0) is 47.3 Å². The van der Waals surface area contributed by atoms with E-state index < -0.39 is 17.3 Å². The van der Waals surface area contributed by atoms with Gasteiger partial charge in [0.2, 0.25) is 0 Å². The number of hydrogen-bond acceptors (Lipinski definition) is 5. The zero-order valence-corrected chi connectivity index (χ0v) is 18.2. The number of rotatable bonds is 3. The zero-order chi connectivity index (χ0) is 22.4. The maximum Gasteiger partial charge on any atom is 0.409 e. The van der Waals surface area contributed by atoms with Crippen LogP contribution in [0.15, 0.2) is 47.4 Å². The summed E-state index contributed by atoms with van der Waals surface area (Å²) in [4.78, 5) is 3.83. The largest absolute Gasteiger partial charge is 0.409 e. The molecule has 1 aliphatic heterocycles. The van der Waals surface area contributed by atoms with Gasteiger partial charge in [0.1, 0.15) is 18.7 Å². The molecular weight excluding hydrogens is 494 g/mol. The SMILES string of the molecule is N#Cc1cc(C2=NSC(c3cc(Cl)c(Cl)c(Cl)c3)(C(F)(F)F)C2)ccc1-n1cncn1. The molecule has 12 heteroatoms. The molecule has 0 aliphatic carbocycles. The van der Waals surface area contributed by atoms with Gasteiger partial charge in [0.05, 0.1) is 32.0 Å². The first-order chi connectivity index (χ1) is 14.7. The van der Waals surface area contributed by atoms with E-state index in [1.54, 1.807) is 12.1 Å². The Morgan fingerprint density at radius 1 is 1.13 bits per heavy atom. The van der Waals surface area contributed by atoms with Crippen molar-refractivity contribution in [3.63, 3.8) is 0 Å². The Balaban J connectivity index is 1.75. The first kappa shape index (κ1) is 22.0. The van der Waals surface area contributed by atoms with Crippen LogP contribution in [-0.4, -0.2) is 26.7 Å². The van der Waals surface area contributed by atoms with Crippen LogP contribution in [0, 0.1) is 11.3 Å². The predicted molar refractivity (Wildman–Crippen MR) is 114 cm³/mol. The fourth-order valence-corrected chi connectivity index (χ4v) is 4.74. The fourth-order valence-electron chi connectivity index (χ4n) is 3.18. The summed E-state index contributed by atoms with van der Waals surface area (Å²) >= 11 is 18.3. The molecule has 2 heterocycles. The summed E-state index contributed by atoms with van der Waals surface area (Å²) in [6.45, 7) is 0. The maximum absolute atomic E-state index is 14.3. The standard InChI is InChI=1S/C19H9Cl3F3N5S/c20-13-4-12(5-14(21)17(13)22)18(19(23,24)25)6-15(29-31-18)10-1-2-16(11(3-10)7-26)30-9-27-8-28-30/h1-5,8-9H,6H2. The van der Waals surface area contributed by atoms with Crippen LogP contribution < -0.4 is 0 Å². The molecule has 0 bridgehead atoms. The molecule has 1 unspecified atom stereocenters. The fraction of sp³-hybridized carbons (Fsp3) is 0.158. The minimum atomic E-state index is -4.66. The molecule has 0 saturated carbocycles. The number of hydrogen-bond donors (Lipinski definition) is 0. The van der Waals surface area contributed by atoms with Crippen molar-refractivity contribution in [2.45, 2.75) is 17.3 Å². The van der Waals surface area contributed by atoms with Crippen molar-refractivity contribution in [1.29, 1.82) is 5.26 Å². The van der Waals surface area contributed by atoms with E-state index in [9.17, 15) is 18.4 Å². The zero-order valence-electron chi connectivity index (χ0n) is 15.2. The van der Waals surface area contributed by atoms with Crippen molar-refractivity contribution in [1.82, 2.24) is 14.8 Å². The second-order valence-electron chi connectivity index (χ2n) is 6.57. The Labute approximate surface area is 193 Å². The average Bonchev–Trinajstić information content (AvgIpc) is 3.41. The van der Waals surface area contributed by atoms with E-state index in [2.05, 4.69) is 14.5 Å². The Morgan fingerprint density at radius 2 is 1.84 bits per heavy atom. The molecule has 1 aliphatic rings. The molecule has 2 aromatic carbocycles. The van der Waals surface area contributed by atoms with Crippen LogP contribution in [0.2, 0.25) is 15.1 Å². The molecule has 3 aromatic rings. The van der Waals surface area contributed by atoms with E-state index >= 15 is 0 Å². The van der Waals surface area contributed by atoms with Crippen molar-refractivity contribution in [3.8, 4) is 11.8 Å². The lowest BCUT2D eigenvalue weighted by Crippen LogP contribution is -2.38. The molecule has 31 heavy (non-hydrogen) atoms. The van der Waals surface area contributed by atoms with E-state index in [1.165, 1.54) is 23.4 Å².